The third-order valence-electron chi connectivity index (χ3n) is 8.01. The SMILES string of the molecule is CCCCCC[C@@H](C)Oc1ccc(-c2ccc(OC(=O)[C@H]3CC[C@H](CC[C@@H](C)CC)CC3)cc2)cc1. The number of carbonyl (C=O) groups is 1. The first-order valence-corrected chi connectivity index (χ1v) is 14.6. The second-order valence-corrected chi connectivity index (χ2v) is 11.1. The summed E-state index contributed by atoms with van der Waals surface area (Å²) in [5.41, 5.74) is 2.24. The summed E-state index contributed by atoms with van der Waals surface area (Å²) in [5, 5.41) is 0. The van der Waals surface area contributed by atoms with E-state index in [1.54, 1.807) is 0 Å². The van der Waals surface area contributed by atoms with Crippen molar-refractivity contribution >= 4 is 5.97 Å². The molecule has 1 fully saturated rings. The summed E-state index contributed by atoms with van der Waals surface area (Å²) in [4.78, 5) is 12.7. The minimum Gasteiger partial charge on any atom is -0.491 e. The highest BCUT2D eigenvalue weighted by atomic mass is 16.5. The van der Waals surface area contributed by atoms with Gasteiger partial charge in [-0.3, -0.25) is 4.79 Å². The predicted octanol–water partition coefficient (Wildman–Crippen LogP) is 9.63. The molecule has 1 saturated carbocycles. The summed E-state index contributed by atoms with van der Waals surface area (Å²) < 4.78 is 11.8. The predicted molar refractivity (Wildman–Crippen MR) is 150 cm³/mol. The summed E-state index contributed by atoms with van der Waals surface area (Å²) in [6.07, 6.45) is 14.6. The molecule has 2 aromatic carbocycles. The molecule has 1 aliphatic rings. The minimum atomic E-state index is -0.0616. The molecule has 0 spiro atoms. The van der Waals surface area contributed by atoms with Crippen molar-refractivity contribution in [3.63, 3.8) is 0 Å². The van der Waals surface area contributed by atoms with Crippen molar-refractivity contribution in [2.45, 2.75) is 111 Å². The molecule has 0 heterocycles. The van der Waals surface area contributed by atoms with Gasteiger partial charge in [-0.1, -0.05) is 83.6 Å². The molecular formula is C33H48O3. The van der Waals surface area contributed by atoms with Crippen LogP contribution >= 0.6 is 0 Å². The van der Waals surface area contributed by atoms with Gasteiger partial charge in [0.15, 0.2) is 0 Å². The molecule has 1 aliphatic carbocycles. The molecule has 0 unspecified atom stereocenters. The minimum absolute atomic E-state index is 0.0473. The summed E-state index contributed by atoms with van der Waals surface area (Å²) >= 11 is 0. The second kappa shape index (κ2) is 15.1. The van der Waals surface area contributed by atoms with Crippen LogP contribution in [0.3, 0.4) is 0 Å². The Labute approximate surface area is 220 Å². The van der Waals surface area contributed by atoms with Gasteiger partial charge >= 0.3 is 5.97 Å². The molecule has 2 atom stereocenters. The first-order chi connectivity index (χ1) is 17.5. The lowest BCUT2D eigenvalue weighted by atomic mass is 9.79. The first kappa shape index (κ1) is 28.3. The van der Waals surface area contributed by atoms with Crippen LogP contribution in [-0.4, -0.2) is 12.1 Å². The maximum Gasteiger partial charge on any atom is 0.314 e. The summed E-state index contributed by atoms with van der Waals surface area (Å²) in [6, 6.07) is 16.2. The van der Waals surface area contributed by atoms with Gasteiger partial charge in [-0.2, -0.15) is 0 Å². The fourth-order valence-electron chi connectivity index (χ4n) is 5.20. The maximum absolute atomic E-state index is 12.7. The van der Waals surface area contributed by atoms with Gasteiger partial charge in [-0.25, -0.2) is 0 Å². The lowest BCUT2D eigenvalue weighted by molar-refractivity contribution is -0.140. The van der Waals surface area contributed by atoms with Gasteiger partial charge < -0.3 is 9.47 Å². The van der Waals surface area contributed by atoms with Crippen LogP contribution < -0.4 is 9.47 Å². The van der Waals surface area contributed by atoms with Crippen LogP contribution in [0.25, 0.3) is 11.1 Å². The van der Waals surface area contributed by atoms with E-state index in [9.17, 15) is 4.79 Å². The zero-order valence-corrected chi connectivity index (χ0v) is 23.1. The fraction of sp³-hybridized carbons (Fsp3) is 0.606. The highest BCUT2D eigenvalue weighted by molar-refractivity contribution is 5.75. The van der Waals surface area contributed by atoms with Crippen molar-refractivity contribution in [3.05, 3.63) is 48.5 Å². The van der Waals surface area contributed by atoms with Gasteiger partial charge in [0.2, 0.25) is 0 Å². The molecule has 2 aromatic rings. The topological polar surface area (TPSA) is 35.5 Å². The van der Waals surface area contributed by atoms with Gasteiger partial charge in [0.1, 0.15) is 11.5 Å². The van der Waals surface area contributed by atoms with Crippen LogP contribution in [0.5, 0.6) is 11.5 Å². The van der Waals surface area contributed by atoms with Gasteiger partial charge in [0.05, 0.1) is 12.0 Å². The molecule has 3 rings (SSSR count). The third-order valence-corrected chi connectivity index (χ3v) is 8.01. The molecule has 36 heavy (non-hydrogen) atoms. The molecule has 0 saturated heterocycles. The van der Waals surface area contributed by atoms with E-state index in [0.29, 0.717) is 5.75 Å². The molecular weight excluding hydrogens is 444 g/mol. The number of ether oxygens (including phenoxy) is 2. The molecule has 0 aromatic heterocycles. The number of hydrogen-bond acceptors (Lipinski definition) is 3. The Kier molecular flexibility index (Phi) is 11.8. The van der Waals surface area contributed by atoms with Crippen molar-refractivity contribution in [2.24, 2.45) is 17.8 Å². The maximum atomic E-state index is 12.7. The molecule has 3 heteroatoms. The molecule has 0 bridgehead atoms. The Morgan fingerprint density at radius 2 is 1.42 bits per heavy atom. The number of hydrogen-bond donors (Lipinski definition) is 0. The number of carbonyl (C=O) groups excluding carboxylic acids is 1. The van der Waals surface area contributed by atoms with Crippen molar-refractivity contribution in [1.82, 2.24) is 0 Å². The Hall–Kier alpha value is -2.29. The van der Waals surface area contributed by atoms with Crippen molar-refractivity contribution in [2.75, 3.05) is 0 Å². The van der Waals surface area contributed by atoms with Crippen LogP contribution in [0, 0.1) is 17.8 Å². The lowest BCUT2D eigenvalue weighted by Crippen LogP contribution is -2.25. The van der Waals surface area contributed by atoms with E-state index in [2.05, 4.69) is 39.8 Å². The number of esters is 1. The van der Waals surface area contributed by atoms with Crippen LogP contribution in [0.4, 0.5) is 0 Å². The van der Waals surface area contributed by atoms with E-state index in [-0.39, 0.29) is 18.0 Å². The average molecular weight is 493 g/mol. The standard InChI is InChI=1S/C33H48O3/c1-5-7-8-9-10-26(4)35-31-21-17-28(18-22-31)29-19-23-32(24-20-29)36-33(34)30-15-13-27(14-16-30)12-11-25(3)6-2/h17-27,30H,5-16H2,1-4H3/t25-,26+,27-,30-/m0/s1. The van der Waals surface area contributed by atoms with Crippen LogP contribution in [0.2, 0.25) is 0 Å². The quantitative estimate of drug-likeness (QED) is 0.150. The average Bonchev–Trinajstić information content (AvgIpc) is 2.91. The molecule has 198 valence electrons. The van der Waals surface area contributed by atoms with Gasteiger partial charge in [0.25, 0.3) is 0 Å². The Morgan fingerprint density at radius 3 is 2.00 bits per heavy atom. The van der Waals surface area contributed by atoms with E-state index < -0.39 is 0 Å². The molecule has 0 radical (unpaired) electrons. The Balaban J connectivity index is 1.43. The van der Waals surface area contributed by atoms with E-state index in [1.165, 1.54) is 44.9 Å². The zero-order chi connectivity index (χ0) is 25.8. The summed E-state index contributed by atoms with van der Waals surface area (Å²) in [6.45, 7) is 9.01. The highest BCUT2D eigenvalue weighted by Crippen LogP contribution is 2.34. The lowest BCUT2D eigenvalue weighted by Gasteiger charge is -2.27. The van der Waals surface area contributed by atoms with Crippen molar-refractivity contribution in [1.29, 1.82) is 0 Å². The Morgan fingerprint density at radius 1 is 0.806 bits per heavy atom. The van der Waals surface area contributed by atoms with E-state index in [1.807, 2.05) is 36.4 Å². The highest BCUT2D eigenvalue weighted by Gasteiger charge is 2.27. The smallest absolute Gasteiger partial charge is 0.314 e. The van der Waals surface area contributed by atoms with Gasteiger partial charge in [-0.15, -0.1) is 0 Å². The van der Waals surface area contributed by atoms with Gasteiger partial charge in [0, 0.05) is 0 Å². The molecule has 0 aliphatic heterocycles. The number of benzene rings is 2. The fourth-order valence-corrected chi connectivity index (χ4v) is 5.20. The van der Waals surface area contributed by atoms with E-state index in [0.717, 1.165) is 60.8 Å². The Bertz CT molecular complexity index is 878. The second-order valence-electron chi connectivity index (χ2n) is 11.1. The molecule has 0 N–H and O–H groups in total. The van der Waals surface area contributed by atoms with Gasteiger partial charge in [-0.05, 0) is 92.7 Å². The first-order valence-electron chi connectivity index (χ1n) is 14.6. The molecule has 0 amide bonds. The van der Waals surface area contributed by atoms with Crippen LogP contribution in [-0.2, 0) is 4.79 Å². The van der Waals surface area contributed by atoms with Crippen LogP contribution in [0.15, 0.2) is 48.5 Å². The van der Waals surface area contributed by atoms with E-state index >= 15 is 0 Å². The summed E-state index contributed by atoms with van der Waals surface area (Å²) in [7, 11) is 0. The van der Waals surface area contributed by atoms with Crippen molar-refractivity contribution in [3.8, 4) is 22.6 Å². The summed E-state index contributed by atoms with van der Waals surface area (Å²) in [5.74, 6) is 3.14. The normalized spacial score (nSPS) is 19.4. The zero-order valence-electron chi connectivity index (χ0n) is 23.1. The largest absolute Gasteiger partial charge is 0.491 e. The number of unbranched alkanes of at least 4 members (excludes halogenated alkanes) is 3. The third kappa shape index (κ3) is 9.30. The number of rotatable bonds is 14. The monoisotopic (exact) mass is 492 g/mol. The molecule has 3 nitrogen and oxygen atoms in total. The van der Waals surface area contributed by atoms with Crippen molar-refractivity contribution < 1.29 is 14.3 Å². The van der Waals surface area contributed by atoms with E-state index in [4.69, 9.17) is 9.47 Å². The van der Waals surface area contributed by atoms with Crippen LogP contribution in [0.1, 0.15) is 105 Å².